The van der Waals surface area contributed by atoms with Gasteiger partial charge in [-0.2, -0.15) is 0 Å². The number of hydrogen-bond donors (Lipinski definition) is 1. The van der Waals surface area contributed by atoms with Crippen LogP contribution in [0.4, 0.5) is 5.69 Å². The summed E-state index contributed by atoms with van der Waals surface area (Å²) in [6.07, 6.45) is 2.83. The van der Waals surface area contributed by atoms with Crippen LogP contribution in [0.2, 0.25) is 0 Å². The number of hydrogen-bond acceptors (Lipinski definition) is 2. The average Bonchev–Trinajstić information content (AvgIpc) is 2.71. The highest BCUT2D eigenvalue weighted by molar-refractivity contribution is 5.85. The molecule has 1 aliphatic rings. The number of nitrogens with two attached hydrogens (primary N) is 1. The fourth-order valence-corrected chi connectivity index (χ4v) is 0.966. The maximum Gasteiger partial charge on any atom is 0.121 e. The first kappa shape index (κ1) is 9.20. The summed E-state index contributed by atoms with van der Waals surface area (Å²) in [5, 5.41) is 0. The normalized spacial score (nSPS) is 15.0. The van der Waals surface area contributed by atoms with Crippen molar-refractivity contribution in [3.63, 3.8) is 0 Å². The van der Waals surface area contributed by atoms with Gasteiger partial charge in [-0.25, -0.2) is 0 Å². The topological polar surface area (TPSA) is 35.2 Å². The first-order chi connectivity index (χ1) is 5.34. The van der Waals surface area contributed by atoms with E-state index in [-0.39, 0.29) is 12.4 Å². The van der Waals surface area contributed by atoms with Gasteiger partial charge in [0.1, 0.15) is 5.75 Å². The Morgan fingerprint density at radius 1 is 1.33 bits per heavy atom. The second-order valence-electron chi connectivity index (χ2n) is 2.89. The van der Waals surface area contributed by atoms with Gasteiger partial charge in [-0.1, -0.05) is 6.07 Å². The van der Waals surface area contributed by atoms with Crippen molar-refractivity contribution in [3.8, 4) is 5.75 Å². The molecule has 1 aliphatic carbocycles. The van der Waals surface area contributed by atoms with Crippen LogP contribution in [0.3, 0.4) is 0 Å². The van der Waals surface area contributed by atoms with Crippen molar-refractivity contribution >= 4 is 18.1 Å². The third-order valence-corrected chi connectivity index (χ3v) is 1.69. The fourth-order valence-electron chi connectivity index (χ4n) is 0.966. The Hall–Kier alpha value is -0.890. The molecule has 2 N–H and O–H groups in total. The van der Waals surface area contributed by atoms with E-state index in [1.807, 2.05) is 24.3 Å². The molecule has 66 valence electrons. The molecule has 2 nitrogen and oxygen atoms in total. The van der Waals surface area contributed by atoms with E-state index in [2.05, 4.69) is 0 Å². The highest BCUT2D eigenvalue weighted by Gasteiger charge is 2.23. The summed E-state index contributed by atoms with van der Waals surface area (Å²) < 4.78 is 5.53. The largest absolute Gasteiger partial charge is 0.490 e. The number of benzene rings is 1. The second-order valence-corrected chi connectivity index (χ2v) is 2.89. The molecule has 0 unspecified atom stereocenters. The maximum absolute atomic E-state index is 5.57. The van der Waals surface area contributed by atoms with Crippen LogP contribution < -0.4 is 10.5 Å². The van der Waals surface area contributed by atoms with Gasteiger partial charge in [0.15, 0.2) is 0 Å². The molecule has 0 aromatic heterocycles. The standard InChI is InChI=1S/C9H11NO.ClH/c10-7-2-1-3-9(6-7)11-8-4-5-8;/h1-3,6,8H,4-5,10H2;1H. The van der Waals surface area contributed by atoms with Gasteiger partial charge in [0.25, 0.3) is 0 Å². The molecule has 1 fully saturated rings. The molecule has 0 atom stereocenters. The van der Waals surface area contributed by atoms with Gasteiger partial charge in [-0.05, 0) is 25.0 Å². The van der Waals surface area contributed by atoms with Crippen molar-refractivity contribution in [1.82, 2.24) is 0 Å². The van der Waals surface area contributed by atoms with Crippen LogP contribution in [0.15, 0.2) is 24.3 Å². The molecule has 3 heteroatoms. The molecule has 1 aromatic carbocycles. The number of rotatable bonds is 2. The molecule has 0 saturated heterocycles. The smallest absolute Gasteiger partial charge is 0.121 e. The first-order valence-corrected chi connectivity index (χ1v) is 3.87. The molecule has 12 heavy (non-hydrogen) atoms. The van der Waals surface area contributed by atoms with E-state index in [0.29, 0.717) is 6.10 Å². The molecular formula is C9H12ClNO. The lowest BCUT2D eigenvalue weighted by atomic mass is 10.3. The monoisotopic (exact) mass is 185 g/mol. The molecule has 0 amide bonds. The number of ether oxygens (including phenoxy) is 1. The van der Waals surface area contributed by atoms with E-state index in [1.54, 1.807) is 0 Å². The van der Waals surface area contributed by atoms with E-state index in [0.717, 1.165) is 11.4 Å². The third-order valence-electron chi connectivity index (χ3n) is 1.69. The SMILES string of the molecule is Cl.Nc1cccc(OC2CC2)c1. The van der Waals surface area contributed by atoms with Crippen molar-refractivity contribution < 1.29 is 4.74 Å². The zero-order chi connectivity index (χ0) is 7.68. The number of anilines is 1. The summed E-state index contributed by atoms with van der Waals surface area (Å²) in [6, 6.07) is 7.57. The highest BCUT2D eigenvalue weighted by Crippen LogP contribution is 2.27. The van der Waals surface area contributed by atoms with Gasteiger partial charge in [0, 0.05) is 11.8 Å². The zero-order valence-electron chi connectivity index (χ0n) is 6.69. The van der Waals surface area contributed by atoms with Crippen LogP contribution in [0.5, 0.6) is 5.75 Å². The molecule has 0 bridgehead atoms. The first-order valence-electron chi connectivity index (χ1n) is 3.87. The summed E-state index contributed by atoms with van der Waals surface area (Å²) in [4.78, 5) is 0. The van der Waals surface area contributed by atoms with Crippen molar-refractivity contribution in [3.05, 3.63) is 24.3 Å². The Morgan fingerprint density at radius 2 is 2.08 bits per heavy atom. The quantitative estimate of drug-likeness (QED) is 0.718. The van der Waals surface area contributed by atoms with Gasteiger partial charge in [-0.15, -0.1) is 12.4 Å². The Kier molecular flexibility index (Phi) is 2.82. The Morgan fingerprint density at radius 3 is 2.67 bits per heavy atom. The van der Waals surface area contributed by atoms with Crippen molar-refractivity contribution in [2.75, 3.05) is 5.73 Å². The summed E-state index contributed by atoms with van der Waals surface area (Å²) in [7, 11) is 0. The summed E-state index contributed by atoms with van der Waals surface area (Å²) in [6.45, 7) is 0. The predicted octanol–water partition coefficient (Wildman–Crippen LogP) is 2.23. The Labute approximate surface area is 78.1 Å². The second kappa shape index (κ2) is 3.68. The van der Waals surface area contributed by atoms with E-state index >= 15 is 0 Å². The fraction of sp³-hybridized carbons (Fsp3) is 0.333. The highest BCUT2D eigenvalue weighted by atomic mass is 35.5. The van der Waals surface area contributed by atoms with Crippen LogP contribution >= 0.6 is 12.4 Å². The van der Waals surface area contributed by atoms with Crippen LogP contribution in [0, 0.1) is 0 Å². The zero-order valence-corrected chi connectivity index (χ0v) is 7.51. The maximum atomic E-state index is 5.57. The van der Waals surface area contributed by atoms with Crippen LogP contribution in [-0.2, 0) is 0 Å². The third kappa shape index (κ3) is 2.31. The predicted molar refractivity (Wildman–Crippen MR) is 51.8 cm³/mol. The van der Waals surface area contributed by atoms with E-state index < -0.39 is 0 Å². The molecule has 0 aliphatic heterocycles. The van der Waals surface area contributed by atoms with E-state index in [9.17, 15) is 0 Å². The number of halogens is 1. The lowest BCUT2D eigenvalue weighted by Gasteiger charge is -2.03. The van der Waals surface area contributed by atoms with Crippen molar-refractivity contribution in [2.45, 2.75) is 18.9 Å². The van der Waals surface area contributed by atoms with E-state index in [4.69, 9.17) is 10.5 Å². The molecule has 2 rings (SSSR count). The summed E-state index contributed by atoms with van der Waals surface area (Å²) in [5.74, 6) is 0.896. The van der Waals surface area contributed by atoms with E-state index in [1.165, 1.54) is 12.8 Å². The minimum Gasteiger partial charge on any atom is -0.490 e. The van der Waals surface area contributed by atoms with Gasteiger partial charge in [0.2, 0.25) is 0 Å². The Balaban J connectivity index is 0.000000720. The minimum atomic E-state index is 0. The van der Waals surface area contributed by atoms with Gasteiger partial charge < -0.3 is 10.5 Å². The Bertz CT molecular complexity index is 260. The van der Waals surface area contributed by atoms with Crippen LogP contribution in [-0.4, -0.2) is 6.10 Å². The van der Waals surface area contributed by atoms with Gasteiger partial charge in [-0.3, -0.25) is 0 Å². The van der Waals surface area contributed by atoms with Crippen LogP contribution in [0.25, 0.3) is 0 Å². The summed E-state index contributed by atoms with van der Waals surface area (Å²) >= 11 is 0. The van der Waals surface area contributed by atoms with Gasteiger partial charge >= 0.3 is 0 Å². The molecular weight excluding hydrogens is 174 g/mol. The molecule has 1 aromatic rings. The summed E-state index contributed by atoms with van der Waals surface area (Å²) in [5.41, 5.74) is 6.34. The van der Waals surface area contributed by atoms with Gasteiger partial charge in [0.05, 0.1) is 6.10 Å². The van der Waals surface area contributed by atoms with Crippen LogP contribution in [0.1, 0.15) is 12.8 Å². The minimum absolute atomic E-state index is 0. The lowest BCUT2D eigenvalue weighted by molar-refractivity contribution is 0.303. The molecule has 1 saturated carbocycles. The molecule has 0 heterocycles. The number of nitrogen functional groups attached to an aromatic ring is 1. The average molecular weight is 186 g/mol. The van der Waals surface area contributed by atoms with Crippen molar-refractivity contribution in [1.29, 1.82) is 0 Å². The molecule has 0 spiro atoms. The molecule has 0 radical (unpaired) electrons. The lowest BCUT2D eigenvalue weighted by Crippen LogP contribution is -1.96. The van der Waals surface area contributed by atoms with Crippen molar-refractivity contribution in [2.24, 2.45) is 0 Å².